The number of carbonyl (C=O) groups is 1. The summed E-state index contributed by atoms with van der Waals surface area (Å²) in [6, 6.07) is 3.19. The van der Waals surface area contributed by atoms with Gasteiger partial charge in [-0.05, 0) is 38.3 Å². The van der Waals surface area contributed by atoms with Crippen molar-refractivity contribution in [1.29, 1.82) is 0 Å². The van der Waals surface area contributed by atoms with E-state index in [1.165, 1.54) is 7.11 Å². The van der Waals surface area contributed by atoms with Crippen molar-refractivity contribution < 1.29 is 19.4 Å². The number of esters is 1. The van der Waals surface area contributed by atoms with E-state index in [2.05, 4.69) is 12.2 Å². The van der Waals surface area contributed by atoms with E-state index in [0.29, 0.717) is 29.4 Å². The largest absolute Gasteiger partial charge is 0.504 e. The third kappa shape index (κ3) is 3.13. The van der Waals surface area contributed by atoms with Crippen LogP contribution in [0.2, 0.25) is 0 Å². The topological polar surface area (TPSA) is 55.8 Å². The molecule has 20 heavy (non-hydrogen) atoms. The second-order valence-electron chi connectivity index (χ2n) is 5.01. The van der Waals surface area contributed by atoms with Gasteiger partial charge in [-0.2, -0.15) is 0 Å². The summed E-state index contributed by atoms with van der Waals surface area (Å²) in [5.41, 5.74) is 0.858. The summed E-state index contributed by atoms with van der Waals surface area (Å²) in [5, 5.41) is 9.90. The van der Waals surface area contributed by atoms with Gasteiger partial charge in [0, 0.05) is 11.5 Å². The molecule has 0 radical (unpaired) electrons. The van der Waals surface area contributed by atoms with Crippen LogP contribution in [0.15, 0.2) is 24.3 Å². The molecule has 0 aromatic heterocycles. The minimum Gasteiger partial charge on any atom is -0.504 e. The van der Waals surface area contributed by atoms with E-state index >= 15 is 0 Å². The molecule has 0 bridgehead atoms. The van der Waals surface area contributed by atoms with Crippen molar-refractivity contribution in [2.24, 2.45) is 5.92 Å². The number of phenols is 1. The molecule has 0 saturated heterocycles. The quantitative estimate of drug-likeness (QED) is 0.677. The third-order valence-electron chi connectivity index (χ3n) is 3.62. The smallest absolute Gasteiger partial charge is 0.338 e. The molecule has 0 heterocycles. The van der Waals surface area contributed by atoms with Gasteiger partial charge in [-0.15, -0.1) is 0 Å². The fourth-order valence-corrected chi connectivity index (χ4v) is 2.34. The molecule has 1 aliphatic carbocycles. The van der Waals surface area contributed by atoms with E-state index in [0.717, 1.165) is 19.3 Å². The van der Waals surface area contributed by atoms with Gasteiger partial charge in [0.25, 0.3) is 0 Å². The fraction of sp³-hybridized carbons (Fsp3) is 0.438. The SMILES string of the molecule is COc1ccc(C(=O)OCC2C=CCCC2)c(C)c1O. The number of benzene rings is 1. The lowest BCUT2D eigenvalue weighted by molar-refractivity contribution is 0.0456. The average Bonchev–Trinajstić information content (AvgIpc) is 2.48. The number of aromatic hydroxyl groups is 1. The van der Waals surface area contributed by atoms with Crippen LogP contribution in [0.25, 0.3) is 0 Å². The normalized spacial score (nSPS) is 17.8. The number of hydrogen-bond acceptors (Lipinski definition) is 4. The van der Waals surface area contributed by atoms with E-state index in [1.54, 1.807) is 19.1 Å². The van der Waals surface area contributed by atoms with E-state index in [1.807, 2.05) is 0 Å². The maximum atomic E-state index is 12.1. The van der Waals surface area contributed by atoms with Crippen LogP contribution in [-0.4, -0.2) is 24.8 Å². The molecule has 2 rings (SSSR count). The minimum absolute atomic E-state index is 0.0143. The second kappa shape index (κ2) is 6.46. The Morgan fingerprint density at radius 2 is 2.25 bits per heavy atom. The number of carbonyl (C=O) groups excluding carboxylic acids is 1. The van der Waals surface area contributed by atoms with Crippen molar-refractivity contribution in [3.8, 4) is 11.5 Å². The zero-order chi connectivity index (χ0) is 14.5. The summed E-state index contributed by atoms with van der Waals surface area (Å²) in [6.45, 7) is 2.07. The Bertz CT molecular complexity index is 519. The van der Waals surface area contributed by atoms with Gasteiger partial charge in [0.05, 0.1) is 19.3 Å². The molecule has 0 aliphatic heterocycles. The van der Waals surface area contributed by atoms with E-state index in [4.69, 9.17) is 9.47 Å². The van der Waals surface area contributed by atoms with Gasteiger partial charge < -0.3 is 14.6 Å². The number of hydrogen-bond donors (Lipinski definition) is 1. The van der Waals surface area contributed by atoms with E-state index in [9.17, 15) is 9.90 Å². The maximum absolute atomic E-state index is 12.1. The van der Waals surface area contributed by atoms with Crippen LogP contribution in [0, 0.1) is 12.8 Å². The number of phenolic OH excluding ortho intramolecular Hbond substituents is 1. The zero-order valence-electron chi connectivity index (χ0n) is 11.9. The Morgan fingerprint density at radius 3 is 2.90 bits per heavy atom. The van der Waals surface area contributed by atoms with Crippen molar-refractivity contribution in [2.75, 3.05) is 13.7 Å². The molecule has 1 unspecified atom stereocenters. The summed E-state index contributed by atoms with van der Waals surface area (Å²) in [7, 11) is 1.47. The lowest BCUT2D eigenvalue weighted by Gasteiger charge is -2.17. The summed E-state index contributed by atoms with van der Waals surface area (Å²) in [4.78, 5) is 12.1. The van der Waals surface area contributed by atoms with Crippen molar-refractivity contribution in [3.05, 3.63) is 35.4 Å². The summed E-state index contributed by atoms with van der Waals surface area (Å²) in [5.74, 6) is 0.244. The number of methoxy groups -OCH3 is 1. The molecule has 1 aromatic rings. The highest BCUT2D eigenvalue weighted by molar-refractivity contribution is 5.92. The molecule has 0 spiro atoms. The van der Waals surface area contributed by atoms with Gasteiger partial charge in [-0.25, -0.2) is 4.79 Å². The van der Waals surface area contributed by atoms with E-state index in [-0.39, 0.29) is 5.75 Å². The van der Waals surface area contributed by atoms with Crippen LogP contribution >= 0.6 is 0 Å². The molecule has 108 valence electrons. The van der Waals surface area contributed by atoms with Gasteiger partial charge in [-0.1, -0.05) is 12.2 Å². The van der Waals surface area contributed by atoms with E-state index < -0.39 is 5.97 Å². The van der Waals surface area contributed by atoms with Crippen molar-refractivity contribution in [3.63, 3.8) is 0 Å². The van der Waals surface area contributed by atoms with Crippen molar-refractivity contribution in [1.82, 2.24) is 0 Å². The number of ether oxygens (including phenoxy) is 2. The van der Waals surface area contributed by atoms with Crippen LogP contribution in [-0.2, 0) is 4.74 Å². The monoisotopic (exact) mass is 276 g/mol. The predicted octanol–water partition coefficient (Wildman–Crippen LogP) is 3.22. The summed E-state index contributed by atoms with van der Waals surface area (Å²) >= 11 is 0. The molecular formula is C16H20O4. The van der Waals surface area contributed by atoms with Crippen LogP contribution < -0.4 is 4.74 Å². The molecule has 4 heteroatoms. The Labute approximate surface area is 119 Å². The first-order valence-corrected chi connectivity index (χ1v) is 6.83. The first-order valence-electron chi connectivity index (χ1n) is 6.83. The number of rotatable bonds is 4. The molecule has 0 fully saturated rings. The first-order chi connectivity index (χ1) is 9.63. The third-order valence-corrected chi connectivity index (χ3v) is 3.62. The highest BCUT2D eigenvalue weighted by Gasteiger charge is 2.18. The van der Waals surface area contributed by atoms with Crippen LogP contribution in [0.1, 0.15) is 35.2 Å². The molecule has 1 N–H and O–H groups in total. The van der Waals surface area contributed by atoms with Gasteiger partial charge in [0.1, 0.15) is 0 Å². The molecule has 4 nitrogen and oxygen atoms in total. The maximum Gasteiger partial charge on any atom is 0.338 e. The zero-order valence-corrected chi connectivity index (χ0v) is 11.9. The Morgan fingerprint density at radius 1 is 1.45 bits per heavy atom. The van der Waals surface area contributed by atoms with Gasteiger partial charge in [0.15, 0.2) is 11.5 Å². The highest BCUT2D eigenvalue weighted by atomic mass is 16.5. The Hall–Kier alpha value is -1.97. The van der Waals surface area contributed by atoms with Gasteiger partial charge in [0.2, 0.25) is 0 Å². The lowest BCUT2D eigenvalue weighted by atomic mass is 9.97. The van der Waals surface area contributed by atoms with Gasteiger partial charge >= 0.3 is 5.97 Å². The van der Waals surface area contributed by atoms with Crippen LogP contribution in [0.3, 0.4) is 0 Å². The second-order valence-corrected chi connectivity index (χ2v) is 5.01. The minimum atomic E-state index is -0.403. The van der Waals surface area contributed by atoms with Crippen molar-refractivity contribution >= 4 is 5.97 Å². The highest BCUT2D eigenvalue weighted by Crippen LogP contribution is 2.32. The number of allylic oxidation sites excluding steroid dienone is 1. The Balaban J connectivity index is 2.04. The van der Waals surface area contributed by atoms with Crippen LogP contribution in [0.5, 0.6) is 11.5 Å². The molecular weight excluding hydrogens is 256 g/mol. The predicted molar refractivity (Wildman–Crippen MR) is 76.2 cm³/mol. The van der Waals surface area contributed by atoms with Gasteiger partial charge in [-0.3, -0.25) is 0 Å². The van der Waals surface area contributed by atoms with Crippen LogP contribution in [0.4, 0.5) is 0 Å². The lowest BCUT2D eigenvalue weighted by Crippen LogP contribution is -2.15. The Kier molecular flexibility index (Phi) is 4.66. The molecule has 1 atom stereocenters. The summed E-state index contributed by atoms with van der Waals surface area (Å²) < 4.78 is 10.3. The molecule has 1 aromatic carbocycles. The average molecular weight is 276 g/mol. The molecule has 0 amide bonds. The molecule has 1 aliphatic rings. The summed E-state index contributed by atoms with van der Waals surface area (Å²) in [6.07, 6.45) is 7.54. The first kappa shape index (κ1) is 14.4. The standard InChI is InChI=1S/C16H20O4/c1-11-13(8-9-14(19-2)15(11)17)16(18)20-10-12-6-4-3-5-7-12/h4,6,8-9,12,17H,3,5,7,10H2,1-2H3. The van der Waals surface area contributed by atoms with Crippen molar-refractivity contribution in [2.45, 2.75) is 26.2 Å². The fourth-order valence-electron chi connectivity index (χ4n) is 2.34. The molecule has 0 saturated carbocycles.